The minimum absolute atomic E-state index is 0.258. The van der Waals surface area contributed by atoms with Crippen molar-refractivity contribution in [1.82, 2.24) is 0 Å². The molecule has 0 amide bonds. The van der Waals surface area contributed by atoms with Crippen LogP contribution in [0.3, 0.4) is 0 Å². The fraction of sp³-hybridized carbons (Fsp3) is 0.333. The molecular formula is C12H13F3O3. The van der Waals surface area contributed by atoms with E-state index in [0.29, 0.717) is 6.42 Å². The van der Waals surface area contributed by atoms with E-state index >= 15 is 0 Å². The summed E-state index contributed by atoms with van der Waals surface area (Å²) in [6.45, 7) is 1.63. The van der Waals surface area contributed by atoms with E-state index in [1.54, 1.807) is 6.92 Å². The molecule has 0 aliphatic heterocycles. The van der Waals surface area contributed by atoms with Gasteiger partial charge in [-0.2, -0.15) is 13.2 Å². The molecule has 0 aliphatic rings. The Morgan fingerprint density at radius 3 is 1.94 bits per heavy atom. The number of carboxylic acids is 1. The molecule has 0 spiro atoms. The van der Waals surface area contributed by atoms with Gasteiger partial charge in [-0.05, 0) is 18.9 Å². The lowest BCUT2D eigenvalue weighted by atomic mass is 10.1. The van der Waals surface area contributed by atoms with Crippen molar-refractivity contribution in [3.8, 4) is 0 Å². The van der Waals surface area contributed by atoms with Crippen molar-refractivity contribution < 1.29 is 27.9 Å². The highest BCUT2D eigenvalue weighted by Crippen LogP contribution is 2.13. The van der Waals surface area contributed by atoms with Crippen LogP contribution in [-0.2, 0) is 16.0 Å². The van der Waals surface area contributed by atoms with Crippen molar-refractivity contribution in [3.05, 3.63) is 35.9 Å². The summed E-state index contributed by atoms with van der Waals surface area (Å²) in [6, 6.07) is 10.1. The first-order valence-corrected chi connectivity index (χ1v) is 5.07. The molecule has 0 bridgehead atoms. The monoisotopic (exact) mass is 262 g/mol. The SMILES string of the molecule is CC(=O)CCc1ccccc1.O=C(O)C(F)(F)F. The Morgan fingerprint density at radius 1 is 1.17 bits per heavy atom. The molecule has 1 N–H and O–H groups in total. The van der Waals surface area contributed by atoms with E-state index in [1.807, 2.05) is 30.3 Å². The maximum absolute atomic E-state index is 10.6. The van der Waals surface area contributed by atoms with Crippen molar-refractivity contribution in [2.75, 3.05) is 0 Å². The van der Waals surface area contributed by atoms with E-state index in [0.717, 1.165) is 6.42 Å². The molecule has 0 saturated carbocycles. The fourth-order valence-corrected chi connectivity index (χ4v) is 0.965. The minimum atomic E-state index is -5.08. The highest BCUT2D eigenvalue weighted by Gasteiger charge is 2.38. The first-order chi connectivity index (χ1) is 8.23. The quantitative estimate of drug-likeness (QED) is 0.911. The van der Waals surface area contributed by atoms with Gasteiger partial charge in [-0.15, -0.1) is 0 Å². The number of aryl methyl sites for hydroxylation is 1. The summed E-state index contributed by atoms with van der Waals surface area (Å²) in [5, 5.41) is 7.12. The van der Waals surface area contributed by atoms with E-state index in [-0.39, 0.29) is 5.78 Å². The Kier molecular flexibility index (Phi) is 6.70. The largest absolute Gasteiger partial charge is 0.490 e. The molecule has 0 heterocycles. The Balaban J connectivity index is 0.000000360. The molecule has 0 atom stereocenters. The summed E-state index contributed by atoms with van der Waals surface area (Å²) in [5.41, 5.74) is 1.24. The number of Topliss-reactive ketones (excluding diaryl/α,β-unsaturated/α-hetero) is 1. The Morgan fingerprint density at radius 2 is 1.61 bits per heavy atom. The summed E-state index contributed by atoms with van der Waals surface area (Å²) in [7, 11) is 0. The van der Waals surface area contributed by atoms with Crippen LogP contribution in [0.2, 0.25) is 0 Å². The summed E-state index contributed by atoms with van der Waals surface area (Å²) in [6.07, 6.45) is -3.56. The molecular weight excluding hydrogens is 249 g/mol. The topological polar surface area (TPSA) is 54.4 Å². The number of hydrogen-bond donors (Lipinski definition) is 1. The van der Waals surface area contributed by atoms with E-state index in [1.165, 1.54) is 5.56 Å². The van der Waals surface area contributed by atoms with Crippen LogP contribution < -0.4 is 0 Å². The fourth-order valence-electron chi connectivity index (χ4n) is 0.965. The second-order valence-electron chi connectivity index (χ2n) is 3.49. The van der Waals surface area contributed by atoms with Crippen molar-refractivity contribution in [2.45, 2.75) is 25.9 Å². The highest BCUT2D eigenvalue weighted by molar-refractivity contribution is 5.75. The summed E-state index contributed by atoms with van der Waals surface area (Å²) >= 11 is 0. The predicted octanol–water partition coefficient (Wildman–Crippen LogP) is 2.84. The normalized spacial score (nSPS) is 10.2. The maximum atomic E-state index is 10.6. The van der Waals surface area contributed by atoms with Gasteiger partial charge in [0, 0.05) is 6.42 Å². The first kappa shape index (κ1) is 16.1. The van der Waals surface area contributed by atoms with E-state index < -0.39 is 12.1 Å². The number of carbonyl (C=O) groups excluding carboxylic acids is 1. The summed E-state index contributed by atoms with van der Waals surface area (Å²) < 4.78 is 31.7. The molecule has 1 aromatic carbocycles. The van der Waals surface area contributed by atoms with E-state index in [9.17, 15) is 18.0 Å². The lowest BCUT2D eigenvalue weighted by molar-refractivity contribution is -0.192. The Hall–Kier alpha value is -1.85. The standard InChI is InChI=1S/C10H12O.C2HF3O2/c1-9(11)7-8-10-5-3-2-4-6-10;3-2(4,5)1(6)7/h2-6H,7-8H2,1H3;(H,6,7). The molecule has 6 heteroatoms. The smallest absolute Gasteiger partial charge is 0.475 e. The minimum Gasteiger partial charge on any atom is -0.475 e. The molecule has 18 heavy (non-hydrogen) atoms. The van der Waals surface area contributed by atoms with Crippen LogP contribution in [0.5, 0.6) is 0 Å². The summed E-state index contributed by atoms with van der Waals surface area (Å²) in [5.74, 6) is -2.50. The molecule has 0 saturated heterocycles. The summed E-state index contributed by atoms with van der Waals surface area (Å²) in [4.78, 5) is 19.5. The number of rotatable bonds is 3. The van der Waals surface area contributed by atoms with Gasteiger partial charge >= 0.3 is 12.1 Å². The van der Waals surface area contributed by atoms with Gasteiger partial charge in [-0.25, -0.2) is 4.79 Å². The van der Waals surface area contributed by atoms with Crippen molar-refractivity contribution in [3.63, 3.8) is 0 Å². The predicted molar refractivity (Wildman–Crippen MR) is 59.1 cm³/mol. The molecule has 0 fully saturated rings. The van der Waals surface area contributed by atoms with Crippen LogP contribution in [0.15, 0.2) is 30.3 Å². The average Bonchev–Trinajstić information content (AvgIpc) is 2.27. The van der Waals surface area contributed by atoms with E-state index in [2.05, 4.69) is 0 Å². The molecule has 3 nitrogen and oxygen atoms in total. The molecule has 100 valence electrons. The molecule has 0 radical (unpaired) electrons. The van der Waals surface area contributed by atoms with Crippen LogP contribution in [0.25, 0.3) is 0 Å². The van der Waals surface area contributed by atoms with E-state index in [4.69, 9.17) is 9.90 Å². The number of ketones is 1. The second-order valence-corrected chi connectivity index (χ2v) is 3.49. The van der Waals surface area contributed by atoms with Crippen LogP contribution >= 0.6 is 0 Å². The molecule has 1 aromatic rings. The zero-order valence-electron chi connectivity index (χ0n) is 9.70. The highest BCUT2D eigenvalue weighted by atomic mass is 19.4. The Labute approximate surface area is 102 Å². The van der Waals surface area contributed by atoms with Gasteiger partial charge < -0.3 is 9.90 Å². The molecule has 0 aliphatic carbocycles. The van der Waals surface area contributed by atoms with Crippen LogP contribution in [-0.4, -0.2) is 23.0 Å². The van der Waals surface area contributed by atoms with Gasteiger partial charge in [0.25, 0.3) is 0 Å². The number of hydrogen-bond acceptors (Lipinski definition) is 2. The Bertz CT molecular complexity index is 385. The van der Waals surface area contributed by atoms with Crippen molar-refractivity contribution in [1.29, 1.82) is 0 Å². The van der Waals surface area contributed by atoms with Gasteiger partial charge in [0.15, 0.2) is 0 Å². The van der Waals surface area contributed by atoms with Crippen molar-refractivity contribution in [2.24, 2.45) is 0 Å². The number of carboxylic acid groups (broad SMARTS) is 1. The number of halogens is 3. The molecule has 0 aromatic heterocycles. The molecule has 0 unspecified atom stereocenters. The molecule has 1 rings (SSSR count). The van der Waals surface area contributed by atoms with Gasteiger partial charge in [0.2, 0.25) is 0 Å². The van der Waals surface area contributed by atoms with Crippen LogP contribution in [0, 0.1) is 0 Å². The number of alkyl halides is 3. The van der Waals surface area contributed by atoms with Crippen LogP contribution in [0.4, 0.5) is 13.2 Å². The van der Waals surface area contributed by atoms with Crippen LogP contribution in [0.1, 0.15) is 18.9 Å². The van der Waals surface area contributed by atoms with Gasteiger partial charge in [-0.3, -0.25) is 0 Å². The first-order valence-electron chi connectivity index (χ1n) is 5.07. The maximum Gasteiger partial charge on any atom is 0.490 e. The van der Waals surface area contributed by atoms with Gasteiger partial charge in [-0.1, -0.05) is 30.3 Å². The van der Waals surface area contributed by atoms with Gasteiger partial charge in [0.1, 0.15) is 5.78 Å². The third kappa shape index (κ3) is 8.32. The number of carbonyl (C=O) groups is 2. The second kappa shape index (κ2) is 7.47. The number of aliphatic carboxylic acids is 1. The lowest BCUT2D eigenvalue weighted by Crippen LogP contribution is -2.21. The third-order valence-corrected chi connectivity index (χ3v) is 1.85. The average molecular weight is 262 g/mol. The number of benzene rings is 1. The van der Waals surface area contributed by atoms with Crippen molar-refractivity contribution >= 4 is 11.8 Å². The van der Waals surface area contributed by atoms with Gasteiger partial charge in [0.05, 0.1) is 0 Å². The third-order valence-electron chi connectivity index (χ3n) is 1.85. The zero-order chi connectivity index (χ0) is 14.2. The lowest BCUT2D eigenvalue weighted by Gasteiger charge is -1.96. The zero-order valence-corrected chi connectivity index (χ0v) is 9.70.